The predicted octanol–water partition coefficient (Wildman–Crippen LogP) is 6.73. The summed E-state index contributed by atoms with van der Waals surface area (Å²) in [5, 5.41) is 0. The van der Waals surface area contributed by atoms with Gasteiger partial charge in [0.15, 0.2) is 0 Å². The summed E-state index contributed by atoms with van der Waals surface area (Å²) in [6.45, 7) is 7.48. The largest absolute Gasteiger partial charge is 0.0845 e. The molecule has 0 atom stereocenters. The number of unbranched alkanes of at least 4 members (excludes halogenated alkanes) is 8. The Morgan fingerprint density at radius 2 is 1.10 bits per heavy atom. The van der Waals surface area contributed by atoms with Crippen LogP contribution in [0.5, 0.6) is 0 Å². The minimum atomic E-state index is 1.20. The van der Waals surface area contributed by atoms with Gasteiger partial charge in [-0.3, -0.25) is 0 Å². The first kappa shape index (κ1) is 18.7. The van der Waals surface area contributed by atoms with Gasteiger partial charge in [-0.05, 0) is 12.8 Å². The molecule has 0 spiro atoms. The third kappa shape index (κ3) is 16.7. The lowest BCUT2D eigenvalue weighted by molar-refractivity contribution is 0.577. The van der Waals surface area contributed by atoms with Crippen molar-refractivity contribution in [3.63, 3.8) is 0 Å². The van der Waals surface area contributed by atoms with E-state index in [9.17, 15) is 0 Å². The highest BCUT2D eigenvalue weighted by molar-refractivity contribution is 5.16. The third-order valence-electron chi connectivity index (χ3n) is 3.14. The monoisotopic (exact) mass is 271 g/mol. The van der Waals surface area contributed by atoms with Gasteiger partial charge in [0.2, 0.25) is 0 Å². The summed E-state index contributed by atoms with van der Waals surface area (Å²) in [5.74, 6) is 0. The van der Waals surface area contributed by atoms with Crippen molar-refractivity contribution in [2.45, 2.75) is 64.7 Å². The van der Waals surface area contributed by atoms with Gasteiger partial charge in [-0.1, -0.05) is 113 Å². The highest BCUT2D eigenvalue weighted by atomic mass is 14.0. The predicted molar refractivity (Wildman–Crippen MR) is 92.7 cm³/mol. The fourth-order valence-corrected chi connectivity index (χ4v) is 1.96. The van der Waals surface area contributed by atoms with E-state index in [-0.39, 0.29) is 0 Å². The molecule has 0 rings (SSSR count). The van der Waals surface area contributed by atoms with Crippen LogP contribution in [-0.4, -0.2) is 0 Å². The Morgan fingerprint density at radius 1 is 0.600 bits per heavy atom. The Labute approximate surface area is 126 Å². The molecule has 0 fully saturated rings. The van der Waals surface area contributed by atoms with E-state index in [0.29, 0.717) is 0 Å². The molecule has 0 aromatic rings. The van der Waals surface area contributed by atoms with Crippen molar-refractivity contribution in [3.05, 3.63) is 61.3 Å². The van der Waals surface area contributed by atoms with E-state index in [1.807, 2.05) is 30.4 Å². The second kappa shape index (κ2) is 17.7. The molecule has 0 aliphatic rings. The molecule has 0 amide bonds. The molecule has 0 unspecified atom stereocenters. The van der Waals surface area contributed by atoms with Crippen molar-refractivity contribution >= 4 is 0 Å². The van der Waals surface area contributed by atoms with Gasteiger partial charge in [-0.25, -0.2) is 0 Å². The molecule has 0 heteroatoms. The molecule has 0 N–H and O–H groups in total. The van der Waals surface area contributed by atoms with Gasteiger partial charge >= 0.3 is 0 Å². The van der Waals surface area contributed by atoms with Crippen LogP contribution in [0.25, 0.3) is 0 Å². The van der Waals surface area contributed by atoms with Crippen LogP contribution in [-0.2, 0) is 0 Å². The molecular weight excluding hydrogens is 240 g/mol. The molecular formula is C20H31. The highest BCUT2D eigenvalue weighted by Crippen LogP contribution is 2.09. The zero-order valence-electron chi connectivity index (χ0n) is 13.1. The lowest BCUT2D eigenvalue weighted by Gasteiger charge is -1.99. The minimum Gasteiger partial charge on any atom is -0.0845 e. The van der Waals surface area contributed by atoms with Crippen molar-refractivity contribution in [3.8, 4) is 0 Å². The summed E-state index contributed by atoms with van der Waals surface area (Å²) < 4.78 is 0. The zero-order valence-corrected chi connectivity index (χ0v) is 13.1. The van der Waals surface area contributed by atoms with E-state index >= 15 is 0 Å². The van der Waals surface area contributed by atoms with Gasteiger partial charge in [0.1, 0.15) is 0 Å². The molecule has 0 bridgehead atoms. The second-order valence-corrected chi connectivity index (χ2v) is 5.04. The quantitative estimate of drug-likeness (QED) is 0.257. The van der Waals surface area contributed by atoms with E-state index < -0.39 is 0 Å². The van der Waals surface area contributed by atoms with Crippen LogP contribution in [0.1, 0.15) is 64.7 Å². The van der Waals surface area contributed by atoms with Crippen LogP contribution in [0.4, 0.5) is 0 Å². The Hall–Kier alpha value is -1.30. The van der Waals surface area contributed by atoms with Crippen molar-refractivity contribution in [2.75, 3.05) is 0 Å². The first-order chi connectivity index (χ1) is 9.91. The molecule has 0 saturated carbocycles. The summed E-state index contributed by atoms with van der Waals surface area (Å²) in [5.41, 5.74) is 0. The summed E-state index contributed by atoms with van der Waals surface area (Å²) in [6.07, 6.45) is 30.0. The van der Waals surface area contributed by atoms with Gasteiger partial charge in [0.05, 0.1) is 0 Å². The van der Waals surface area contributed by atoms with E-state index in [1.54, 1.807) is 0 Å². The fraction of sp³-hybridized carbons (Fsp3) is 0.500. The molecule has 0 nitrogen and oxygen atoms in total. The van der Waals surface area contributed by atoms with Crippen molar-refractivity contribution < 1.29 is 0 Å². The molecule has 0 aliphatic heterocycles. The van der Waals surface area contributed by atoms with E-state index in [2.05, 4.69) is 25.2 Å². The summed E-state index contributed by atoms with van der Waals surface area (Å²) in [4.78, 5) is 0. The van der Waals surface area contributed by atoms with Crippen LogP contribution < -0.4 is 0 Å². The molecule has 20 heavy (non-hydrogen) atoms. The second-order valence-electron chi connectivity index (χ2n) is 5.04. The standard InChI is InChI=1S/C20H31/c1-3-5-7-9-11-13-15-17-19-20-18-16-14-12-10-8-6-4-2/h1,3,5,7,9,11,13,15,17,19H,4,6,8,10,12,14,16,18,20H2,2H3/b3-1?,7-5+,11-9-,15-13-,19-17+. The SMILES string of the molecule is [CH]=C/C=C/C=C\C=C/C=C/CCCCCCCCCC. The molecule has 111 valence electrons. The Kier molecular flexibility index (Phi) is 16.5. The van der Waals surface area contributed by atoms with Crippen molar-refractivity contribution in [2.24, 2.45) is 0 Å². The van der Waals surface area contributed by atoms with E-state index in [0.717, 1.165) is 0 Å². The molecule has 1 radical (unpaired) electrons. The van der Waals surface area contributed by atoms with Crippen molar-refractivity contribution in [1.82, 2.24) is 0 Å². The fourth-order valence-electron chi connectivity index (χ4n) is 1.96. The van der Waals surface area contributed by atoms with Gasteiger partial charge in [-0.2, -0.15) is 0 Å². The van der Waals surface area contributed by atoms with Crippen LogP contribution in [0, 0.1) is 6.58 Å². The number of hydrogen-bond donors (Lipinski definition) is 0. The topological polar surface area (TPSA) is 0 Å². The molecule has 0 aromatic heterocycles. The molecule has 0 aliphatic carbocycles. The maximum Gasteiger partial charge on any atom is -0.0348 e. The Balaban J connectivity index is 3.31. The average molecular weight is 271 g/mol. The Bertz CT molecular complexity index is 302. The highest BCUT2D eigenvalue weighted by Gasteiger charge is 1.89. The van der Waals surface area contributed by atoms with Gasteiger partial charge in [-0.15, -0.1) is 0 Å². The summed E-state index contributed by atoms with van der Waals surface area (Å²) in [7, 11) is 0. The van der Waals surface area contributed by atoms with Crippen molar-refractivity contribution in [1.29, 1.82) is 0 Å². The van der Waals surface area contributed by atoms with Crippen LogP contribution in [0.15, 0.2) is 54.7 Å². The minimum absolute atomic E-state index is 1.20. The molecule has 0 heterocycles. The van der Waals surface area contributed by atoms with Crippen LogP contribution in [0.2, 0.25) is 0 Å². The lowest BCUT2D eigenvalue weighted by atomic mass is 10.1. The normalized spacial score (nSPS) is 12.4. The van der Waals surface area contributed by atoms with Crippen LogP contribution in [0.3, 0.4) is 0 Å². The molecule has 0 aromatic carbocycles. The molecule has 0 saturated heterocycles. The lowest BCUT2D eigenvalue weighted by Crippen LogP contribution is -1.79. The zero-order chi connectivity index (χ0) is 14.7. The smallest absolute Gasteiger partial charge is 0.0348 e. The summed E-state index contributed by atoms with van der Waals surface area (Å²) >= 11 is 0. The first-order valence-corrected chi connectivity index (χ1v) is 8.12. The maximum atomic E-state index is 5.21. The van der Waals surface area contributed by atoms with Gasteiger partial charge in [0.25, 0.3) is 0 Å². The number of allylic oxidation sites excluding steroid dienone is 9. The Morgan fingerprint density at radius 3 is 1.70 bits per heavy atom. The summed E-state index contributed by atoms with van der Waals surface area (Å²) in [6, 6.07) is 0. The van der Waals surface area contributed by atoms with Crippen LogP contribution >= 0.6 is 0 Å². The number of hydrogen-bond acceptors (Lipinski definition) is 0. The number of rotatable bonds is 13. The third-order valence-corrected chi connectivity index (χ3v) is 3.14. The van der Waals surface area contributed by atoms with Gasteiger partial charge < -0.3 is 0 Å². The van der Waals surface area contributed by atoms with E-state index in [4.69, 9.17) is 6.58 Å². The average Bonchev–Trinajstić information content (AvgIpc) is 2.47. The van der Waals surface area contributed by atoms with Gasteiger partial charge in [0, 0.05) is 0 Å². The first-order valence-electron chi connectivity index (χ1n) is 8.12. The maximum absolute atomic E-state index is 5.21. The van der Waals surface area contributed by atoms with E-state index in [1.165, 1.54) is 63.9 Å².